The summed E-state index contributed by atoms with van der Waals surface area (Å²) in [6.45, 7) is 10.0. The fourth-order valence-corrected chi connectivity index (χ4v) is 2.32. The van der Waals surface area contributed by atoms with Gasteiger partial charge in [0.1, 0.15) is 0 Å². The van der Waals surface area contributed by atoms with Crippen molar-refractivity contribution >= 4 is 0 Å². The summed E-state index contributed by atoms with van der Waals surface area (Å²) in [5.41, 5.74) is 0. The van der Waals surface area contributed by atoms with E-state index in [4.69, 9.17) is 9.47 Å². The van der Waals surface area contributed by atoms with E-state index in [1.54, 1.807) is 0 Å². The van der Waals surface area contributed by atoms with E-state index in [-0.39, 0.29) is 0 Å². The van der Waals surface area contributed by atoms with Crippen LogP contribution in [0.5, 0.6) is 0 Å². The lowest BCUT2D eigenvalue weighted by atomic mass is 10.3. The highest BCUT2D eigenvalue weighted by Gasteiger charge is 2.17. The van der Waals surface area contributed by atoms with Gasteiger partial charge in [-0.3, -0.25) is 4.90 Å². The number of nitrogens with zero attached hydrogens (tertiary/aromatic N) is 2. The minimum Gasteiger partial charge on any atom is -0.379 e. The van der Waals surface area contributed by atoms with Gasteiger partial charge in [-0.05, 0) is 7.05 Å². The van der Waals surface area contributed by atoms with E-state index < -0.39 is 0 Å². The zero-order chi connectivity index (χ0) is 11.9. The third kappa shape index (κ3) is 4.89. The molecule has 2 aliphatic heterocycles. The number of hydrogen-bond acceptors (Lipinski definition) is 5. The third-order valence-electron chi connectivity index (χ3n) is 3.42. The van der Waals surface area contributed by atoms with Gasteiger partial charge in [0.2, 0.25) is 0 Å². The Hall–Kier alpha value is -0.200. The van der Waals surface area contributed by atoms with Gasteiger partial charge in [0.05, 0.1) is 25.9 Å². The average Bonchev–Trinajstić information content (AvgIpc) is 2.36. The predicted octanol–water partition coefficient (Wildman–Crippen LogP) is -0.761. The van der Waals surface area contributed by atoms with Crippen LogP contribution in [0, 0.1) is 0 Å². The molecule has 2 heterocycles. The summed E-state index contributed by atoms with van der Waals surface area (Å²) < 4.78 is 11.0. The van der Waals surface area contributed by atoms with E-state index in [1.807, 2.05) is 0 Å². The minimum atomic E-state index is 0.360. The first-order valence-electron chi connectivity index (χ1n) is 6.65. The highest BCUT2D eigenvalue weighted by atomic mass is 16.5. The Morgan fingerprint density at radius 3 is 2.76 bits per heavy atom. The number of rotatable bonds is 5. The number of ether oxygens (including phenoxy) is 2. The first-order valence-corrected chi connectivity index (χ1v) is 6.65. The van der Waals surface area contributed by atoms with Gasteiger partial charge in [-0.15, -0.1) is 0 Å². The smallest absolute Gasteiger partial charge is 0.0826 e. The van der Waals surface area contributed by atoms with Crippen molar-refractivity contribution in [3.63, 3.8) is 0 Å². The Kier molecular flexibility index (Phi) is 5.67. The van der Waals surface area contributed by atoms with Crippen LogP contribution >= 0.6 is 0 Å². The summed E-state index contributed by atoms with van der Waals surface area (Å²) in [6, 6.07) is 0. The van der Waals surface area contributed by atoms with Gasteiger partial charge in [-0.2, -0.15) is 0 Å². The third-order valence-corrected chi connectivity index (χ3v) is 3.42. The highest BCUT2D eigenvalue weighted by Crippen LogP contribution is 2.01. The predicted molar refractivity (Wildman–Crippen MR) is 67.4 cm³/mol. The van der Waals surface area contributed by atoms with Gasteiger partial charge in [0, 0.05) is 45.8 Å². The maximum absolute atomic E-state index is 5.70. The van der Waals surface area contributed by atoms with Crippen LogP contribution in [0.15, 0.2) is 0 Å². The first kappa shape index (κ1) is 13.2. The van der Waals surface area contributed by atoms with E-state index in [0.717, 1.165) is 65.6 Å². The second kappa shape index (κ2) is 7.28. The van der Waals surface area contributed by atoms with Crippen molar-refractivity contribution < 1.29 is 9.47 Å². The molecular formula is C12H25N3O2. The molecule has 2 saturated heterocycles. The molecule has 1 N–H and O–H groups in total. The maximum atomic E-state index is 5.70. The van der Waals surface area contributed by atoms with Gasteiger partial charge >= 0.3 is 0 Å². The van der Waals surface area contributed by atoms with Crippen molar-refractivity contribution in [3.8, 4) is 0 Å². The monoisotopic (exact) mass is 243 g/mol. The van der Waals surface area contributed by atoms with Crippen LogP contribution in [-0.2, 0) is 9.47 Å². The van der Waals surface area contributed by atoms with Crippen LogP contribution < -0.4 is 5.32 Å². The molecule has 0 bridgehead atoms. The van der Waals surface area contributed by atoms with Gasteiger partial charge < -0.3 is 19.7 Å². The average molecular weight is 243 g/mol. The summed E-state index contributed by atoms with van der Waals surface area (Å²) in [4.78, 5) is 4.78. The van der Waals surface area contributed by atoms with E-state index >= 15 is 0 Å². The lowest BCUT2D eigenvalue weighted by molar-refractivity contribution is -0.0186. The SMILES string of the molecule is CN1CCOC(CNCCN2CCOCC2)C1. The lowest BCUT2D eigenvalue weighted by Crippen LogP contribution is -2.46. The van der Waals surface area contributed by atoms with E-state index in [1.165, 1.54) is 0 Å². The van der Waals surface area contributed by atoms with Crippen LogP contribution in [-0.4, -0.2) is 88.6 Å². The van der Waals surface area contributed by atoms with Crippen molar-refractivity contribution in [2.75, 3.05) is 72.7 Å². The van der Waals surface area contributed by atoms with Crippen molar-refractivity contribution in [2.45, 2.75) is 6.10 Å². The van der Waals surface area contributed by atoms with Gasteiger partial charge in [-0.1, -0.05) is 0 Å². The zero-order valence-electron chi connectivity index (χ0n) is 10.9. The highest BCUT2D eigenvalue weighted by molar-refractivity contribution is 4.71. The van der Waals surface area contributed by atoms with Gasteiger partial charge in [0.25, 0.3) is 0 Å². The standard InChI is InChI=1S/C12H25N3O2/c1-14-4-9-17-12(11-14)10-13-2-3-15-5-7-16-8-6-15/h12-13H,2-11H2,1H3. The number of nitrogens with one attached hydrogen (secondary N) is 1. The van der Waals surface area contributed by atoms with E-state index in [9.17, 15) is 0 Å². The maximum Gasteiger partial charge on any atom is 0.0826 e. The largest absolute Gasteiger partial charge is 0.379 e. The Morgan fingerprint density at radius 2 is 2.00 bits per heavy atom. The van der Waals surface area contributed by atoms with Crippen LogP contribution in [0.3, 0.4) is 0 Å². The molecule has 0 aromatic heterocycles. The van der Waals surface area contributed by atoms with E-state index in [2.05, 4.69) is 22.2 Å². The fourth-order valence-electron chi connectivity index (χ4n) is 2.32. The first-order chi connectivity index (χ1) is 8.34. The second-order valence-corrected chi connectivity index (χ2v) is 4.91. The Morgan fingerprint density at radius 1 is 1.18 bits per heavy atom. The van der Waals surface area contributed by atoms with Crippen molar-refractivity contribution in [2.24, 2.45) is 0 Å². The molecule has 1 atom stereocenters. The normalized spacial score (nSPS) is 28.4. The Bertz CT molecular complexity index is 210. The van der Waals surface area contributed by atoms with Gasteiger partial charge in [-0.25, -0.2) is 0 Å². The number of morpholine rings is 2. The molecule has 0 aliphatic carbocycles. The van der Waals surface area contributed by atoms with Crippen molar-refractivity contribution in [1.29, 1.82) is 0 Å². The molecule has 0 saturated carbocycles. The molecule has 5 nitrogen and oxygen atoms in total. The Labute approximate surface area is 104 Å². The molecule has 0 aromatic carbocycles. The molecule has 0 radical (unpaired) electrons. The molecular weight excluding hydrogens is 218 g/mol. The minimum absolute atomic E-state index is 0.360. The molecule has 0 amide bonds. The van der Waals surface area contributed by atoms with Crippen molar-refractivity contribution in [1.82, 2.24) is 15.1 Å². The molecule has 100 valence electrons. The lowest BCUT2D eigenvalue weighted by Gasteiger charge is -2.31. The van der Waals surface area contributed by atoms with Crippen LogP contribution in [0.1, 0.15) is 0 Å². The quantitative estimate of drug-likeness (QED) is 0.642. The van der Waals surface area contributed by atoms with Crippen molar-refractivity contribution in [3.05, 3.63) is 0 Å². The fraction of sp³-hybridized carbons (Fsp3) is 1.00. The number of hydrogen-bond donors (Lipinski definition) is 1. The second-order valence-electron chi connectivity index (χ2n) is 4.91. The molecule has 2 fully saturated rings. The van der Waals surface area contributed by atoms with Crippen LogP contribution in [0.4, 0.5) is 0 Å². The number of likely N-dealkylation sites (N-methyl/N-ethyl adjacent to an activating group) is 1. The molecule has 2 aliphatic rings. The van der Waals surface area contributed by atoms with E-state index in [0.29, 0.717) is 6.10 Å². The molecule has 0 aromatic rings. The molecule has 0 spiro atoms. The summed E-state index contributed by atoms with van der Waals surface area (Å²) >= 11 is 0. The zero-order valence-corrected chi connectivity index (χ0v) is 10.9. The Balaban J connectivity index is 1.50. The summed E-state index contributed by atoms with van der Waals surface area (Å²) in [6.07, 6.45) is 0.360. The summed E-state index contributed by atoms with van der Waals surface area (Å²) in [7, 11) is 2.16. The molecule has 5 heteroatoms. The van der Waals surface area contributed by atoms with Crippen LogP contribution in [0.2, 0.25) is 0 Å². The molecule has 17 heavy (non-hydrogen) atoms. The van der Waals surface area contributed by atoms with Gasteiger partial charge in [0.15, 0.2) is 0 Å². The molecule has 2 rings (SSSR count). The molecule has 1 unspecified atom stereocenters. The summed E-state index contributed by atoms with van der Waals surface area (Å²) in [5.74, 6) is 0. The topological polar surface area (TPSA) is 37.0 Å². The summed E-state index contributed by atoms with van der Waals surface area (Å²) in [5, 5.41) is 3.49. The van der Waals surface area contributed by atoms with Crippen LogP contribution in [0.25, 0.3) is 0 Å².